The van der Waals surface area contributed by atoms with E-state index in [1.807, 2.05) is 4.90 Å². The average Bonchev–Trinajstić information content (AvgIpc) is 3.16. The molecule has 140 valence electrons. The summed E-state index contributed by atoms with van der Waals surface area (Å²) in [6.07, 6.45) is 4.37. The van der Waals surface area contributed by atoms with E-state index in [4.69, 9.17) is 4.98 Å². The number of thioether (sulfide) groups is 1. The van der Waals surface area contributed by atoms with Gasteiger partial charge in [0.25, 0.3) is 5.56 Å². The molecule has 1 aliphatic heterocycles. The van der Waals surface area contributed by atoms with E-state index in [0.29, 0.717) is 22.7 Å². The molecule has 1 amide bonds. The Hall–Kier alpha value is -1.34. The number of aromatic nitrogens is 2. The van der Waals surface area contributed by atoms with Crippen LogP contribution in [0.25, 0.3) is 10.2 Å². The van der Waals surface area contributed by atoms with E-state index in [2.05, 4.69) is 13.8 Å². The highest BCUT2D eigenvalue weighted by Gasteiger charge is 2.26. The van der Waals surface area contributed by atoms with Crippen molar-refractivity contribution in [3.63, 3.8) is 0 Å². The highest BCUT2D eigenvalue weighted by molar-refractivity contribution is 7.99. The Balaban J connectivity index is 1.53. The topological polar surface area (TPSA) is 55.2 Å². The van der Waals surface area contributed by atoms with Crippen LogP contribution in [0.15, 0.2) is 9.95 Å². The van der Waals surface area contributed by atoms with E-state index in [-0.39, 0.29) is 11.5 Å². The second-order valence-corrected chi connectivity index (χ2v) is 9.86. The molecule has 0 unspecified atom stereocenters. The van der Waals surface area contributed by atoms with Gasteiger partial charge < -0.3 is 4.90 Å². The maximum Gasteiger partial charge on any atom is 0.262 e. The molecule has 7 heteroatoms. The first-order chi connectivity index (χ1) is 12.4. The van der Waals surface area contributed by atoms with Crippen molar-refractivity contribution >= 4 is 39.2 Å². The Labute approximate surface area is 161 Å². The Bertz CT molecular complexity index is 908. The lowest BCUT2D eigenvalue weighted by molar-refractivity contribution is -0.130. The summed E-state index contributed by atoms with van der Waals surface area (Å²) in [7, 11) is 1.77. The minimum atomic E-state index is 0.0320. The normalized spacial score (nSPS) is 22.8. The molecule has 1 aliphatic carbocycles. The van der Waals surface area contributed by atoms with Crippen LogP contribution < -0.4 is 5.56 Å². The van der Waals surface area contributed by atoms with Gasteiger partial charge in [0, 0.05) is 25.0 Å². The number of amides is 1. The SMILES string of the molecule is C[C@@H]1C[C@@H](C)CN(C(=O)CSc2nc3sc4c(c3c(=O)n2C)CCC4)C1. The molecule has 2 atom stereocenters. The van der Waals surface area contributed by atoms with E-state index in [1.54, 1.807) is 23.0 Å². The maximum absolute atomic E-state index is 12.8. The molecule has 0 bridgehead atoms. The van der Waals surface area contributed by atoms with Crippen molar-refractivity contribution in [1.29, 1.82) is 0 Å². The van der Waals surface area contributed by atoms with Crippen molar-refractivity contribution in [2.75, 3.05) is 18.8 Å². The van der Waals surface area contributed by atoms with Gasteiger partial charge in [0.15, 0.2) is 5.16 Å². The first kappa shape index (κ1) is 18.0. The second-order valence-electron chi connectivity index (χ2n) is 7.83. The standard InChI is InChI=1S/C19H25N3O2S2/c1-11-7-12(2)9-22(8-11)15(23)10-25-19-20-17-16(18(24)21(19)3)13-5-4-6-14(13)26-17/h11-12H,4-10H2,1-3H3/t11-,12-/m1/s1. The van der Waals surface area contributed by atoms with E-state index >= 15 is 0 Å². The molecule has 5 nitrogen and oxygen atoms in total. The number of piperidine rings is 1. The quantitative estimate of drug-likeness (QED) is 0.596. The Morgan fingerprint density at radius 1 is 1.27 bits per heavy atom. The van der Waals surface area contributed by atoms with Crippen molar-refractivity contribution in [2.24, 2.45) is 18.9 Å². The van der Waals surface area contributed by atoms with Crippen molar-refractivity contribution in [1.82, 2.24) is 14.5 Å². The summed E-state index contributed by atoms with van der Waals surface area (Å²) in [6.45, 7) is 6.09. The van der Waals surface area contributed by atoms with Gasteiger partial charge in [-0.25, -0.2) is 4.98 Å². The first-order valence-electron chi connectivity index (χ1n) is 9.36. The molecule has 1 fully saturated rings. The predicted molar refractivity (Wildman–Crippen MR) is 107 cm³/mol. The summed E-state index contributed by atoms with van der Waals surface area (Å²) in [6, 6.07) is 0. The van der Waals surface area contributed by atoms with Crippen molar-refractivity contribution in [3.05, 3.63) is 20.8 Å². The fourth-order valence-electron chi connectivity index (χ4n) is 4.32. The van der Waals surface area contributed by atoms with Crippen LogP contribution in [0.3, 0.4) is 0 Å². The van der Waals surface area contributed by atoms with Crippen LogP contribution in [-0.2, 0) is 24.7 Å². The highest BCUT2D eigenvalue weighted by atomic mass is 32.2. The van der Waals surface area contributed by atoms with Crippen molar-refractivity contribution in [2.45, 2.75) is 44.7 Å². The largest absolute Gasteiger partial charge is 0.341 e. The van der Waals surface area contributed by atoms with Crippen LogP contribution in [0, 0.1) is 11.8 Å². The minimum Gasteiger partial charge on any atom is -0.341 e. The Morgan fingerprint density at radius 2 is 2.00 bits per heavy atom. The molecule has 0 radical (unpaired) electrons. The third-order valence-corrected chi connectivity index (χ3v) is 7.65. The van der Waals surface area contributed by atoms with E-state index in [9.17, 15) is 9.59 Å². The van der Waals surface area contributed by atoms with Gasteiger partial charge >= 0.3 is 0 Å². The summed E-state index contributed by atoms with van der Waals surface area (Å²) in [5.74, 6) is 1.60. The van der Waals surface area contributed by atoms with Crippen LogP contribution in [0.2, 0.25) is 0 Å². The first-order valence-corrected chi connectivity index (χ1v) is 11.2. The Morgan fingerprint density at radius 3 is 2.73 bits per heavy atom. The lowest BCUT2D eigenvalue weighted by atomic mass is 9.92. The molecule has 0 N–H and O–H groups in total. The summed E-state index contributed by atoms with van der Waals surface area (Å²) in [5.41, 5.74) is 1.24. The molecule has 2 aliphatic rings. The number of likely N-dealkylation sites (tertiary alicyclic amines) is 1. The number of hydrogen-bond donors (Lipinski definition) is 0. The second kappa shape index (κ2) is 7.00. The van der Waals surface area contributed by atoms with Gasteiger partial charge in [0.05, 0.1) is 11.1 Å². The van der Waals surface area contributed by atoms with E-state index in [0.717, 1.165) is 42.6 Å². The monoisotopic (exact) mass is 391 g/mol. The van der Waals surface area contributed by atoms with Gasteiger partial charge in [-0.05, 0) is 43.1 Å². The third kappa shape index (κ3) is 3.20. The zero-order valence-corrected chi connectivity index (χ0v) is 17.2. The smallest absolute Gasteiger partial charge is 0.262 e. The van der Waals surface area contributed by atoms with Crippen LogP contribution in [0.4, 0.5) is 0 Å². The fraction of sp³-hybridized carbons (Fsp3) is 0.632. The molecule has 0 aromatic carbocycles. The molecular weight excluding hydrogens is 366 g/mol. The minimum absolute atomic E-state index is 0.0320. The van der Waals surface area contributed by atoms with Crippen molar-refractivity contribution < 1.29 is 4.79 Å². The van der Waals surface area contributed by atoms with Crippen LogP contribution in [-0.4, -0.2) is 39.2 Å². The average molecular weight is 392 g/mol. The number of rotatable bonds is 3. The lowest BCUT2D eigenvalue weighted by Crippen LogP contribution is -2.43. The van der Waals surface area contributed by atoms with Gasteiger partial charge in [-0.15, -0.1) is 11.3 Å². The number of aryl methyl sites for hydroxylation is 2. The van der Waals surface area contributed by atoms with Gasteiger partial charge in [0.1, 0.15) is 4.83 Å². The van der Waals surface area contributed by atoms with Crippen LogP contribution in [0.5, 0.6) is 0 Å². The molecule has 0 saturated carbocycles. The molecule has 3 heterocycles. The lowest BCUT2D eigenvalue weighted by Gasteiger charge is -2.35. The van der Waals surface area contributed by atoms with Gasteiger partial charge in [-0.2, -0.15) is 0 Å². The van der Waals surface area contributed by atoms with Gasteiger partial charge in [-0.3, -0.25) is 14.2 Å². The summed E-state index contributed by atoms with van der Waals surface area (Å²) >= 11 is 3.04. The van der Waals surface area contributed by atoms with Crippen LogP contribution in [0.1, 0.15) is 37.1 Å². The van der Waals surface area contributed by atoms with E-state index in [1.165, 1.54) is 28.6 Å². The number of hydrogen-bond acceptors (Lipinski definition) is 5. The molecule has 2 aromatic heterocycles. The summed E-state index contributed by atoms with van der Waals surface area (Å²) in [4.78, 5) is 34.3. The summed E-state index contributed by atoms with van der Waals surface area (Å²) < 4.78 is 1.62. The molecule has 1 saturated heterocycles. The highest BCUT2D eigenvalue weighted by Crippen LogP contribution is 2.35. The fourth-order valence-corrected chi connectivity index (χ4v) is 6.50. The summed E-state index contributed by atoms with van der Waals surface area (Å²) in [5, 5.41) is 1.45. The molecule has 4 rings (SSSR count). The zero-order valence-electron chi connectivity index (χ0n) is 15.6. The number of thiophene rings is 1. The molecular formula is C19H25N3O2S2. The zero-order chi connectivity index (χ0) is 18.4. The predicted octanol–water partition coefficient (Wildman–Crippen LogP) is 3.08. The van der Waals surface area contributed by atoms with Crippen molar-refractivity contribution in [3.8, 4) is 0 Å². The number of carbonyl (C=O) groups is 1. The van der Waals surface area contributed by atoms with Gasteiger partial charge in [0.2, 0.25) is 5.91 Å². The number of nitrogens with zero attached hydrogens (tertiary/aromatic N) is 3. The number of fused-ring (bicyclic) bond motifs is 3. The molecule has 0 spiro atoms. The van der Waals surface area contributed by atoms with Gasteiger partial charge in [-0.1, -0.05) is 25.6 Å². The molecule has 2 aromatic rings. The third-order valence-electron chi connectivity index (χ3n) is 5.45. The van der Waals surface area contributed by atoms with E-state index < -0.39 is 0 Å². The molecule has 26 heavy (non-hydrogen) atoms. The Kier molecular flexibility index (Phi) is 4.86. The van der Waals surface area contributed by atoms with Crippen LogP contribution >= 0.6 is 23.1 Å². The maximum atomic E-state index is 12.8. The number of carbonyl (C=O) groups excluding carboxylic acids is 1.